The van der Waals surface area contributed by atoms with Crippen LogP contribution in [0.15, 0.2) is 59.3 Å². The molecule has 3 aliphatic rings. The zero-order valence-corrected chi connectivity index (χ0v) is 26.0. The van der Waals surface area contributed by atoms with Crippen molar-refractivity contribution in [2.75, 3.05) is 18.0 Å². The van der Waals surface area contributed by atoms with Crippen LogP contribution in [-0.2, 0) is 10.3 Å². The third-order valence-corrected chi connectivity index (χ3v) is 9.16. The summed E-state index contributed by atoms with van der Waals surface area (Å²) in [6.45, 7) is 11.0. The highest BCUT2D eigenvalue weighted by molar-refractivity contribution is 5.98. The number of hydrogen-bond acceptors (Lipinski definition) is 7. The SMILES string of the molecule is Cc1ncc(-c2cc(C3(NC(=O)c4cc(N5CC6CCC(C5)N6C(=O)OC(C)(C)C)ccc4C)CC3)c3cccnc3c2)o1. The number of aryl methyl sites for hydroxylation is 2. The summed E-state index contributed by atoms with van der Waals surface area (Å²) < 4.78 is 11.6. The summed E-state index contributed by atoms with van der Waals surface area (Å²) in [5.74, 6) is 1.20. The maximum absolute atomic E-state index is 14.0. The van der Waals surface area contributed by atoms with Gasteiger partial charge in [0, 0.05) is 48.4 Å². The fraction of sp³-hybridized carbons (Fsp3) is 0.429. The van der Waals surface area contributed by atoms with Gasteiger partial charge in [0.15, 0.2) is 11.7 Å². The molecular weight excluding hydrogens is 554 g/mol. The van der Waals surface area contributed by atoms with Crippen molar-refractivity contribution in [1.29, 1.82) is 0 Å². The topological polar surface area (TPSA) is 101 Å². The van der Waals surface area contributed by atoms with E-state index in [2.05, 4.69) is 38.4 Å². The molecule has 2 unspecified atom stereocenters. The van der Waals surface area contributed by atoms with Crippen molar-refractivity contribution in [3.05, 3.63) is 77.4 Å². The van der Waals surface area contributed by atoms with Gasteiger partial charge >= 0.3 is 6.09 Å². The van der Waals surface area contributed by atoms with Crippen LogP contribution < -0.4 is 10.2 Å². The molecule has 7 rings (SSSR count). The van der Waals surface area contributed by atoms with Crippen LogP contribution >= 0.6 is 0 Å². The van der Waals surface area contributed by atoms with Crippen LogP contribution in [0.2, 0.25) is 0 Å². The second-order valence-electron chi connectivity index (χ2n) is 13.6. The molecule has 4 aromatic rings. The predicted molar refractivity (Wildman–Crippen MR) is 169 cm³/mol. The molecule has 2 atom stereocenters. The van der Waals surface area contributed by atoms with Gasteiger partial charge in [-0.25, -0.2) is 9.78 Å². The highest BCUT2D eigenvalue weighted by Crippen LogP contribution is 2.49. The number of anilines is 1. The van der Waals surface area contributed by atoms with E-state index < -0.39 is 11.1 Å². The van der Waals surface area contributed by atoms with E-state index in [0.29, 0.717) is 17.2 Å². The van der Waals surface area contributed by atoms with E-state index in [1.165, 1.54) is 0 Å². The molecule has 2 amide bonds. The molecule has 0 spiro atoms. The van der Waals surface area contributed by atoms with E-state index in [9.17, 15) is 9.59 Å². The van der Waals surface area contributed by atoms with Crippen LogP contribution in [0.4, 0.5) is 10.5 Å². The normalized spacial score (nSPS) is 20.6. The van der Waals surface area contributed by atoms with Crippen LogP contribution in [-0.4, -0.2) is 57.6 Å². The fourth-order valence-electron chi connectivity index (χ4n) is 6.86. The van der Waals surface area contributed by atoms with E-state index in [4.69, 9.17) is 9.15 Å². The van der Waals surface area contributed by atoms with Crippen molar-refractivity contribution in [3.63, 3.8) is 0 Å². The molecule has 228 valence electrons. The van der Waals surface area contributed by atoms with Gasteiger partial charge in [0.05, 0.1) is 29.3 Å². The minimum absolute atomic E-state index is 0.0878. The Bertz CT molecular complexity index is 1750. The molecule has 2 bridgehead atoms. The van der Waals surface area contributed by atoms with Crippen LogP contribution in [0, 0.1) is 13.8 Å². The van der Waals surface area contributed by atoms with Crippen molar-refractivity contribution in [3.8, 4) is 11.3 Å². The van der Waals surface area contributed by atoms with Crippen LogP contribution in [0.3, 0.4) is 0 Å². The Kier molecular flexibility index (Phi) is 6.68. The van der Waals surface area contributed by atoms with Crippen molar-refractivity contribution in [2.24, 2.45) is 0 Å². The Morgan fingerprint density at radius 2 is 1.77 bits per heavy atom. The van der Waals surface area contributed by atoms with Gasteiger partial charge < -0.3 is 19.4 Å². The van der Waals surface area contributed by atoms with Gasteiger partial charge in [-0.2, -0.15) is 0 Å². The Labute approximate surface area is 257 Å². The summed E-state index contributed by atoms with van der Waals surface area (Å²) in [4.78, 5) is 40.1. The van der Waals surface area contributed by atoms with Gasteiger partial charge in [0.1, 0.15) is 5.60 Å². The molecule has 9 nitrogen and oxygen atoms in total. The maximum atomic E-state index is 14.0. The fourth-order valence-corrected chi connectivity index (χ4v) is 6.86. The Balaban J connectivity index is 1.14. The zero-order valence-electron chi connectivity index (χ0n) is 26.0. The largest absolute Gasteiger partial charge is 0.444 e. The van der Waals surface area contributed by atoms with Gasteiger partial charge in [-0.1, -0.05) is 12.1 Å². The Morgan fingerprint density at radius 1 is 1.02 bits per heavy atom. The molecule has 1 saturated carbocycles. The number of oxazole rings is 1. The third-order valence-electron chi connectivity index (χ3n) is 9.16. The highest BCUT2D eigenvalue weighted by Gasteiger charge is 2.48. The number of carbonyl (C=O) groups is 2. The van der Waals surface area contributed by atoms with Gasteiger partial charge in [0.2, 0.25) is 0 Å². The van der Waals surface area contributed by atoms with Crippen molar-refractivity contribution < 1.29 is 18.7 Å². The minimum atomic E-state index is -0.523. The lowest BCUT2D eigenvalue weighted by molar-refractivity contribution is 0.0123. The first-order chi connectivity index (χ1) is 21.0. The Morgan fingerprint density at radius 3 is 2.43 bits per heavy atom. The lowest BCUT2D eigenvalue weighted by Gasteiger charge is -2.42. The van der Waals surface area contributed by atoms with Gasteiger partial charge in [-0.05, 0) is 94.8 Å². The van der Waals surface area contributed by atoms with Crippen molar-refractivity contribution in [1.82, 2.24) is 20.2 Å². The number of pyridine rings is 1. The maximum Gasteiger partial charge on any atom is 0.410 e. The van der Waals surface area contributed by atoms with Crippen molar-refractivity contribution >= 4 is 28.6 Å². The minimum Gasteiger partial charge on any atom is -0.444 e. The third kappa shape index (κ3) is 5.18. The Hall–Kier alpha value is -4.40. The molecule has 4 heterocycles. The molecule has 9 heteroatoms. The average Bonchev–Trinajstić information content (AvgIpc) is 3.53. The standard InChI is InChI=1S/C35H39N5O4/c1-21-8-9-24(39-19-25-10-11-26(20-39)40(25)33(42)44-34(3,4)5)17-28(21)32(41)38-35(12-13-35)29-15-23(31-18-37-22(2)43-31)16-30-27(29)7-6-14-36-30/h6-9,14-18,25-26H,10-13,19-20H2,1-5H3,(H,38,41). The molecule has 2 aliphatic heterocycles. The molecular formula is C35H39N5O4. The summed E-state index contributed by atoms with van der Waals surface area (Å²) in [6, 6.07) is 14.4. The van der Waals surface area contributed by atoms with E-state index in [1.807, 2.05) is 63.8 Å². The number of rotatable bonds is 5. The first-order valence-corrected chi connectivity index (χ1v) is 15.5. The van der Waals surface area contributed by atoms with Gasteiger partial charge in [-0.3, -0.25) is 14.7 Å². The second kappa shape index (κ2) is 10.4. The molecule has 2 aromatic carbocycles. The second-order valence-corrected chi connectivity index (χ2v) is 13.6. The molecule has 0 radical (unpaired) electrons. The number of nitrogens with zero attached hydrogens (tertiary/aromatic N) is 4. The number of piperazine rings is 1. The number of aromatic nitrogens is 2. The smallest absolute Gasteiger partial charge is 0.410 e. The van der Waals surface area contributed by atoms with E-state index in [1.54, 1.807) is 12.4 Å². The molecule has 1 aliphatic carbocycles. The zero-order chi connectivity index (χ0) is 30.8. The lowest BCUT2D eigenvalue weighted by Crippen LogP contribution is -2.56. The number of fused-ring (bicyclic) bond motifs is 3. The van der Waals surface area contributed by atoms with Crippen molar-refractivity contribution in [2.45, 2.75) is 83.5 Å². The molecule has 2 aromatic heterocycles. The molecule has 3 fully saturated rings. The van der Waals surface area contributed by atoms with Gasteiger partial charge in [-0.15, -0.1) is 0 Å². The van der Waals surface area contributed by atoms with E-state index in [0.717, 1.165) is 72.1 Å². The monoisotopic (exact) mass is 593 g/mol. The first kappa shape index (κ1) is 28.4. The number of nitrogens with one attached hydrogen (secondary N) is 1. The lowest BCUT2D eigenvalue weighted by atomic mass is 9.95. The number of ether oxygens (including phenoxy) is 1. The van der Waals surface area contributed by atoms with Crippen LogP contribution in [0.25, 0.3) is 22.2 Å². The number of amides is 2. The number of benzene rings is 2. The first-order valence-electron chi connectivity index (χ1n) is 15.5. The number of carbonyl (C=O) groups excluding carboxylic acids is 2. The number of hydrogen-bond donors (Lipinski definition) is 1. The molecule has 44 heavy (non-hydrogen) atoms. The van der Waals surface area contributed by atoms with Crippen LogP contribution in [0.5, 0.6) is 0 Å². The molecule has 1 N–H and O–H groups in total. The van der Waals surface area contributed by atoms with E-state index in [-0.39, 0.29) is 24.1 Å². The quantitative estimate of drug-likeness (QED) is 0.281. The van der Waals surface area contributed by atoms with E-state index >= 15 is 0 Å². The van der Waals surface area contributed by atoms with Gasteiger partial charge in [0.25, 0.3) is 5.91 Å². The summed E-state index contributed by atoms with van der Waals surface area (Å²) in [5.41, 5.74) is 4.39. The summed E-state index contributed by atoms with van der Waals surface area (Å²) in [5, 5.41) is 4.44. The predicted octanol–water partition coefficient (Wildman–Crippen LogP) is 6.51. The molecule has 2 saturated heterocycles. The summed E-state index contributed by atoms with van der Waals surface area (Å²) in [6.07, 6.45) is 6.89. The summed E-state index contributed by atoms with van der Waals surface area (Å²) in [7, 11) is 0. The highest BCUT2D eigenvalue weighted by atomic mass is 16.6. The average molecular weight is 594 g/mol. The summed E-state index contributed by atoms with van der Waals surface area (Å²) >= 11 is 0. The van der Waals surface area contributed by atoms with Crippen LogP contribution in [0.1, 0.15) is 73.8 Å².